The maximum absolute atomic E-state index is 5.93. The Kier molecular flexibility index (Phi) is 3.97. The van der Waals surface area contributed by atoms with Gasteiger partial charge in [-0.05, 0) is 37.1 Å². The maximum Gasteiger partial charge on any atom is 0.148 e. The van der Waals surface area contributed by atoms with Gasteiger partial charge in [-0.1, -0.05) is 11.6 Å². The van der Waals surface area contributed by atoms with Gasteiger partial charge in [0.2, 0.25) is 0 Å². The molecule has 1 aliphatic rings. The standard InChI is InChI=1S/C14H16ClN5/c15-13-10-12(3-7-16-13)20-8-4-11(5-9-20)18-14-2-1-6-17-19-14/h1-3,6-7,10-11H,4-5,8-9H2,(H,18,19). The van der Waals surface area contributed by atoms with Gasteiger partial charge in [0.15, 0.2) is 0 Å². The van der Waals surface area contributed by atoms with Crippen molar-refractivity contribution >= 4 is 23.1 Å². The fourth-order valence-electron chi connectivity index (χ4n) is 2.46. The molecule has 3 rings (SSSR count). The third-order valence-electron chi connectivity index (χ3n) is 3.49. The molecule has 0 unspecified atom stereocenters. The van der Waals surface area contributed by atoms with E-state index in [1.807, 2.05) is 24.3 Å². The molecule has 0 atom stereocenters. The van der Waals surface area contributed by atoms with E-state index in [4.69, 9.17) is 11.6 Å². The topological polar surface area (TPSA) is 53.9 Å². The van der Waals surface area contributed by atoms with Crippen LogP contribution in [-0.2, 0) is 0 Å². The van der Waals surface area contributed by atoms with Crippen LogP contribution in [-0.4, -0.2) is 34.3 Å². The van der Waals surface area contributed by atoms with Gasteiger partial charge in [0, 0.05) is 37.2 Å². The molecule has 0 bridgehead atoms. The summed E-state index contributed by atoms with van der Waals surface area (Å²) in [6, 6.07) is 8.20. The number of pyridine rings is 1. The minimum absolute atomic E-state index is 0.445. The van der Waals surface area contributed by atoms with Crippen molar-refractivity contribution in [2.45, 2.75) is 18.9 Å². The molecule has 5 nitrogen and oxygen atoms in total. The highest BCUT2D eigenvalue weighted by Crippen LogP contribution is 2.22. The maximum atomic E-state index is 5.93. The third-order valence-corrected chi connectivity index (χ3v) is 3.70. The summed E-state index contributed by atoms with van der Waals surface area (Å²) in [4.78, 5) is 6.35. The predicted molar refractivity (Wildman–Crippen MR) is 80.1 cm³/mol. The molecule has 0 saturated carbocycles. The number of anilines is 2. The van der Waals surface area contributed by atoms with Crippen molar-refractivity contribution in [2.24, 2.45) is 0 Å². The number of halogens is 1. The Morgan fingerprint density at radius 3 is 2.75 bits per heavy atom. The van der Waals surface area contributed by atoms with Crippen molar-refractivity contribution in [1.29, 1.82) is 0 Å². The molecule has 0 aliphatic carbocycles. The smallest absolute Gasteiger partial charge is 0.148 e. The van der Waals surface area contributed by atoms with Gasteiger partial charge in [0.05, 0.1) is 0 Å². The Morgan fingerprint density at radius 1 is 1.20 bits per heavy atom. The van der Waals surface area contributed by atoms with Crippen molar-refractivity contribution in [3.8, 4) is 0 Å². The lowest BCUT2D eigenvalue weighted by Crippen LogP contribution is -2.39. The second kappa shape index (κ2) is 6.05. The molecule has 6 heteroatoms. The minimum Gasteiger partial charge on any atom is -0.371 e. The van der Waals surface area contributed by atoms with E-state index in [-0.39, 0.29) is 0 Å². The van der Waals surface area contributed by atoms with E-state index in [2.05, 4.69) is 25.4 Å². The summed E-state index contributed by atoms with van der Waals surface area (Å²) in [5, 5.41) is 11.9. The van der Waals surface area contributed by atoms with Gasteiger partial charge >= 0.3 is 0 Å². The molecule has 0 aromatic carbocycles. The van der Waals surface area contributed by atoms with Crippen LogP contribution in [0.4, 0.5) is 11.5 Å². The molecule has 0 spiro atoms. The number of piperidine rings is 1. The van der Waals surface area contributed by atoms with E-state index >= 15 is 0 Å². The number of aromatic nitrogens is 3. The van der Waals surface area contributed by atoms with Crippen molar-refractivity contribution < 1.29 is 0 Å². The van der Waals surface area contributed by atoms with Crippen molar-refractivity contribution in [2.75, 3.05) is 23.3 Å². The van der Waals surface area contributed by atoms with Crippen LogP contribution < -0.4 is 10.2 Å². The van der Waals surface area contributed by atoms with Gasteiger partial charge in [0.25, 0.3) is 0 Å². The van der Waals surface area contributed by atoms with Crippen molar-refractivity contribution in [1.82, 2.24) is 15.2 Å². The molecule has 0 radical (unpaired) electrons. The SMILES string of the molecule is Clc1cc(N2CCC(Nc3cccnn3)CC2)ccn1. The first-order chi connectivity index (χ1) is 9.81. The van der Waals surface area contributed by atoms with E-state index in [0.717, 1.165) is 37.4 Å². The number of hydrogen-bond acceptors (Lipinski definition) is 5. The van der Waals surface area contributed by atoms with Crippen LogP contribution in [0.3, 0.4) is 0 Å². The molecule has 1 saturated heterocycles. The monoisotopic (exact) mass is 289 g/mol. The number of nitrogens with one attached hydrogen (secondary N) is 1. The van der Waals surface area contributed by atoms with E-state index < -0.39 is 0 Å². The second-order valence-electron chi connectivity index (χ2n) is 4.85. The van der Waals surface area contributed by atoms with Crippen LogP contribution in [0.15, 0.2) is 36.7 Å². The quantitative estimate of drug-likeness (QED) is 0.880. The fourth-order valence-corrected chi connectivity index (χ4v) is 2.63. The number of rotatable bonds is 3. The van der Waals surface area contributed by atoms with Gasteiger partial charge in [-0.15, -0.1) is 5.10 Å². The lowest BCUT2D eigenvalue weighted by atomic mass is 10.0. The third kappa shape index (κ3) is 3.17. The summed E-state index contributed by atoms with van der Waals surface area (Å²) in [7, 11) is 0. The number of nitrogens with zero attached hydrogens (tertiary/aromatic N) is 4. The Labute approximate surface area is 123 Å². The molecule has 3 heterocycles. The highest BCUT2D eigenvalue weighted by Gasteiger charge is 2.19. The highest BCUT2D eigenvalue weighted by molar-refractivity contribution is 6.29. The fraction of sp³-hybridized carbons (Fsp3) is 0.357. The minimum atomic E-state index is 0.445. The summed E-state index contributed by atoms with van der Waals surface area (Å²) < 4.78 is 0. The molecular weight excluding hydrogens is 274 g/mol. The first kappa shape index (κ1) is 13.1. The lowest BCUT2D eigenvalue weighted by molar-refractivity contribution is 0.525. The molecule has 104 valence electrons. The zero-order chi connectivity index (χ0) is 13.8. The summed E-state index contributed by atoms with van der Waals surface area (Å²) >= 11 is 5.93. The Balaban J connectivity index is 1.57. The Bertz CT molecular complexity index is 555. The predicted octanol–water partition coefficient (Wildman–Crippen LogP) is 2.61. The van der Waals surface area contributed by atoms with Gasteiger partial charge in [-0.3, -0.25) is 0 Å². The van der Waals surface area contributed by atoms with Gasteiger partial charge in [-0.2, -0.15) is 5.10 Å². The summed E-state index contributed by atoms with van der Waals surface area (Å²) in [6.45, 7) is 2.00. The summed E-state index contributed by atoms with van der Waals surface area (Å²) in [6.07, 6.45) is 5.57. The zero-order valence-corrected chi connectivity index (χ0v) is 11.8. The van der Waals surface area contributed by atoms with Gasteiger partial charge < -0.3 is 10.2 Å². The van der Waals surface area contributed by atoms with Crippen molar-refractivity contribution in [3.63, 3.8) is 0 Å². The molecular formula is C14H16ClN5. The Morgan fingerprint density at radius 2 is 2.05 bits per heavy atom. The van der Waals surface area contributed by atoms with Crippen LogP contribution in [0.25, 0.3) is 0 Å². The van der Waals surface area contributed by atoms with Crippen LogP contribution in [0.1, 0.15) is 12.8 Å². The molecule has 1 fully saturated rings. The van der Waals surface area contributed by atoms with E-state index in [0.29, 0.717) is 11.2 Å². The van der Waals surface area contributed by atoms with E-state index in [1.165, 1.54) is 0 Å². The average molecular weight is 290 g/mol. The molecule has 20 heavy (non-hydrogen) atoms. The number of hydrogen-bond donors (Lipinski definition) is 1. The van der Waals surface area contributed by atoms with Crippen LogP contribution in [0.2, 0.25) is 5.15 Å². The summed E-state index contributed by atoms with van der Waals surface area (Å²) in [5.41, 5.74) is 1.14. The van der Waals surface area contributed by atoms with Crippen LogP contribution >= 0.6 is 11.6 Å². The largest absolute Gasteiger partial charge is 0.371 e. The molecule has 2 aromatic heterocycles. The van der Waals surface area contributed by atoms with Crippen LogP contribution in [0.5, 0.6) is 0 Å². The zero-order valence-electron chi connectivity index (χ0n) is 11.0. The van der Waals surface area contributed by atoms with Crippen LogP contribution in [0, 0.1) is 0 Å². The van der Waals surface area contributed by atoms with E-state index in [1.54, 1.807) is 12.4 Å². The molecule has 1 N–H and O–H groups in total. The van der Waals surface area contributed by atoms with Gasteiger partial charge in [-0.25, -0.2) is 4.98 Å². The first-order valence-electron chi connectivity index (χ1n) is 6.72. The first-order valence-corrected chi connectivity index (χ1v) is 7.10. The normalized spacial score (nSPS) is 16.1. The van der Waals surface area contributed by atoms with Gasteiger partial charge in [0.1, 0.15) is 11.0 Å². The average Bonchev–Trinajstić information content (AvgIpc) is 2.49. The molecule has 0 amide bonds. The highest BCUT2D eigenvalue weighted by atomic mass is 35.5. The molecule has 2 aromatic rings. The van der Waals surface area contributed by atoms with E-state index in [9.17, 15) is 0 Å². The van der Waals surface area contributed by atoms with Crippen molar-refractivity contribution in [3.05, 3.63) is 41.8 Å². The second-order valence-corrected chi connectivity index (χ2v) is 5.24. The Hall–Kier alpha value is -1.88. The lowest BCUT2D eigenvalue weighted by Gasteiger charge is -2.34. The summed E-state index contributed by atoms with van der Waals surface area (Å²) in [5.74, 6) is 0.845. The molecule has 1 aliphatic heterocycles.